The van der Waals surface area contributed by atoms with Gasteiger partial charge in [0.05, 0.1) is 18.0 Å². The number of hydrogen-bond donors (Lipinski definition) is 1. The van der Waals surface area contributed by atoms with E-state index in [1.165, 1.54) is 0 Å². The first-order chi connectivity index (χ1) is 10.0. The van der Waals surface area contributed by atoms with Crippen LogP contribution in [-0.4, -0.2) is 15.0 Å². The SMILES string of the molecule is CCOc1ccccc1NS(=O)(=O)Cc1ccccc1Cl. The Balaban J connectivity index is 2.20. The molecule has 6 heteroatoms. The third-order valence-electron chi connectivity index (χ3n) is 2.76. The lowest BCUT2D eigenvalue weighted by molar-refractivity contribution is 0.342. The van der Waals surface area contributed by atoms with Gasteiger partial charge in [0.15, 0.2) is 0 Å². The molecule has 4 nitrogen and oxygen atoms in total. The van der Waals surface area contributed by atoms with Crippen LogP contribution in [0.1, 0.15) is 12.5 Å². The van der Waals surface area contributed by atoms with Gasteiger partial charge in [-0.25, -0.2) is 8.42 Å². The lowest BCUT2D eigenvalue weighted by Crippen LogP contribution is -2.16. The first-order valence-corrected chi connectivity index (χ1v) is 8.50. The summed E-state index contributed by atoms with van der Waals surface area (Å²) >= 11 is 6.00. The van der Waals surface area contributed by atoms with Crippen LogP contribution in [0.5, 0.6) is 5.75 Å². The van der Waals surface area contributed by atoms with Crippen molar-refractivity contribution < 1.29 is 13.2 Å². The highest BCUT2D eigenvalue weighted by molar-refractivity contribution is 7.91. The summed E-state index contributed by atoms with van der Waals surface area (Å²) in [5, 5.41) is 0.431. The number of benzene rings is 2. The first-order valence-electron chi connectivity index (χ1n) is 6.47. The van der Waals surface area contributed by atoms with E-state index >= 15 is 0 Å². The minimum absolute atomic E-state index is 0.187. The minimum Gasteiger partial charge on any atom is -0.492 e. The summed E-state index contributed by atoms with van der Waals surface area (Å²) in [4.78, 5) is 0. The maximum atomic E-state index is 12.3. The Morgan fingerprint density at radius 3 is 2.48 bits per heavy atom. The molecule has 2 aromatic rings. The number of ether oxygens (including phenoxy) is 1. The number of nitrogens with one attached hydrogen (secondary N) is 1. The Morgan fingerprint density at radius 2 is 1.76 bits per heavy atom. The number of rotatable bonds is 6. The van der Waals surface area contributed by atoms with Crippen molar-refractivity contribution in [3.05, 3.63) is 59.1 Å². The summed E-state index contributed by atoms with van der Waals surface area (Å²) in [5.41, 5.74) is 0.979. The van der Waals surface area contributed by atoms with Crippen molar-refractivity contribution in [1.29, 1.82) is 0 Å². The zero-order valence-corrected chi connectivity index (χ0v) is 13.1. The zero-order valence-electron chi connectivity index (χ0n) is 11.5. The van der Waals surface area contributed by atoms with Crippen LogP contribution in [0.3, 0.4) is 0 Å². The van der Waals surface area contributed by atoms with Crippen molar-refractivity contribution in [3.8, 4) is 5.75 Å². The molecule has 0 bridgehead atoms. The highest BCUT2D eigenvalue weighted by Crippen LogP contribution is 2.26. The molecule has 0 fully saturated rings. The Morgan fingerprint density at radius 1 is 1.10 bits per heavy atom. The zero-order chi connectivity index (χ0) is 15.3. The fourth-order valence-corrected chi connectivity index (χ4v) is 3.37. The van der Waals surface area contributed by atoms with Gasteiger partial charge in [0.1, 0.15) is 5.75 Å². The monoisotopic (exact) mass is 325 g/mol. The van der Waals surface area contributed by atoms with Gasteiger partial charge in [-0.05, 0) is 30.7 Å². The molecule has 0 saturated heterocycles. The Labute approximate surface area is 129 Å². The molecule has 0 saturated carbocycles. The average molecular weight is 326 g/mol. The fourth-order valence-electron chi connectivity index (χ4n) is 1.86. The largest absolute Gasteiger partial charge is 0.492 e. The minimum atomic E-state index is -3.57. The maximum absolute atomic E-state index is 12.3. The smallest absolute Gasteiger partial charge is 0.237 e. The van der Waals surface area contributed by atoms with Crippen LogP contribution in [0.4, 0.5) is 5.69 Å². The number of sulfonamides is 1. The molecule has 2 rings (SSSR count). The summed E-state index contributed by atoms with van der Waals surface area (Å²) in [6.07, 6.45) is 0. The van der Waals surface area contributed by atoms with Gasteiger partial charge >= 0.3 is 0 Å². The number of hydrogen-bond acceptors (Lipinski definition) is 3. The number of halogens is 1. The van der Waals surface area contributed by atoms with Crippen molar-refractivity contribution in [2.45, 2.75) is 12.7 Å². The van der Waals surface area contributed by atoms with E-state index in [0.29, 0.717) is 28.6 Å². The average Bonchev–Trinajstić information content (AvgIpc) is 2.43. The molecular weight excluding hydrogens is 310 g/mol. The van der Waals surface area contributed by atoms with E-state index in [-0.39, 0.29) is 5.75 Å². The summed E-state index contributed by atoms with van der Waals surface area (Å²) in [6.45, 7) is 2.30. The predicted molar refractivity (Wildman–Crippen MR) is 85.3 cm³/mol. The van der Waals surface area contributed by atoms with Crippen molar-refractivity contribution in [2.75, 3.05) is 11.3 Å². The molecule has 0 unspecified atom stereocenters. The lowest BCUT2D eigenvalue weighted by Gasteiger charge is -2.13. The van der Waals surface area contributed by atoms with Crippen LogP contribution < -0.4 is 9.46 Å². The second kappa shape index (κ2) is 6.83. The van der Waals surface area contributed by atoms with Crippen LogP contribution in [0.15, 0.2) is 48.5 Å². The molecule has 0 spiro atoms. The molecule has 1 N–H and O–H groups in total. The third kappa shape index (κ3) is 4.37. The first kappa shape index (κ1) is 15.7. The summed E-state index contributed by atoms with van der Waals surface area (Å²) < 4.78 is 32.4. The molecule has 0 amide bonds. The molecular formula is C15H16ClNO3S. The molecule has 0 aliphatic carbocycles. The normalized spacial score (nSPS) is 11.1. The highest BCUT2D eigenvalue weighted by Gasteiger charge is 2.15. The molecule has 0 atom stereocenters. The number of para-hydroxylation sites is 2. The Kier molecular flexibility index (Phi) is 5.09. The van der Waals surface area contributed by atoms with Crippen molar-refractivity contribution in [2.24, 2.45) is 0 Å². The standard InChI is InChI=1S/C15H16ClNO3S/c1-2-20-15-10-6-5-9-14(15)17-21(18,19)11-12-7-3-4-8-13(12)16/h3-10,17H,2,11H2,1H3. The van der Waals surface area contributed by atoms with Gasteiger partial charge in [-0.2, -0.15) is 0 Å². The van der Waals surface area contributed by atoms with Crippen LogP contribution in [0, 0.1) is 0 Å². The molecule has 0 aromatic heterocycles. The van der Waals surface area contributed by atoms with E-state index < -0.39 is 10.0 Å². The van der Waals surface area contributed by atoms with Gasteiger partial charge in [0.25, 0.3) is 0 Å². The molecule has 0 aliphatic heterocycles. The molecule has 0 radical (unpaired) electrons. The molecule has 112 valence electrons. The van der Waals surface area contributed by atoms with Crippen molar-refractivity contribution >= 4 is 27.3 Å². The Bertz CT molecular complexity index is 716. The molecule has 0 aliphatic rings. The van der Waals surface area contributed by atoms with Gasteiger partial charge in [0, 0.05) is 5.02 Å². The van der Waals surface area contributed by atoms with Crippen LogP contribution in [0.25, 0.3) is 0 Å². The third-order valence-corrected chi connectivity index (χ3v) is 4.35. The van der Waals surface area contributed by atoms with Gasteiger partial charge < -0.3 is 4.74 Å². The van der Waals surface area contributed by atoms with Crippen LogP contribution >= 0.6 is 11.6 Å². The molecule has 0 heterocycles. The van der Waals surface area contributed by atoms with Crippen LogP contribution in [-0.2, 0) is 15.8 Å². The summed E-state index contributed by atoms with van der Waals surface area (Å²) in [6, 6.07) is 13.8. The Hall–Kier alpha value is -1.72. The van der Waals surface area contributed by atoms with Crippen LogP contribution in [0.2, 0.25) is 5.02 Å². The maximum Gasteiger partial charge on any atom is 0.237 e. The summed E-state index contributed by atoms with van der Waals surface area (Å²) in [7, 11) is -3.57. The van der Waals surface area contributed by atoms with E-state index in [4.69, 9.17) is 16.3 Å². The number of anilines is 1. The van der Waals surface area contributed by atoms with E-state index in [1.807, 2.05) is 6.92 Å². The molecule has 21 heavy (non-hydrogen) atoms. The van der Waals surface area contributed by atoms with Gasteiger partial charge in [-0.1, -0.05) is 41.9 Å². The van der Waals surface area contributed by atoms with E-state index in [1.54, 1.807) is 48.5 Å². The van der Waals surface area contributed by atoms with E-state index in [2.05, 4.69) is 4.72 Å². The molecule has 2 aromatic carbocycles. The predicted octanol–water partition coefficient (Wildman–Crippen LogP) is 3.68. The van der Waals surface area contributed by atoms with Gasteiger partial charge in [-0.15, -0.1) is 0 Å². The quantitative estimate of drug-likeness (QED) is 0.881. The van der Waals surface area contributed by atoms with Gasteiger partial charge in [-0.3, -0.25) is 4.72 Å². The highest BCUT2D eigenvalue weighted by atomic mass is 35.5. The topological polar surface area (TPSA) is 55.4 Å². The van der Waals surface area contributed by atoms with E-state index in [9.17, 15) is 8.42 Å². The van der Waals surface area contributed by atoms with Gasteiger partial charge in [0.2, 0.25) is 10.0 Å². The fraction of sp³-hybridized carbons (Fsp3) is 0.200. The van der Waals surface area contributed by atoms with Crippen molar-refractivity contribution in [1.82, 2.24) is 0 Å². The second-order valence-electron chi connectivity index (χ2n) is 4.38. The summed E-state index contributed by atoms with van der Waals surface area (Å²) in [5.74, 6) is 0.315. The second-order valence-corrected chi connectivity index (χ2v) is 6.51. The van der Waals surface area contributed by atoms with E-state index in [0.717, 1.165) is 0 Å². The lowest BCUT2D eigenvalue weighted by atomic mass is 10.2. The van der Waals surface area contributed by atoms with Crippen molar-refractivity contribution in [3.63, 3.8) is 0 Å².